The van der Waals surface area contributed by atoms with Crippen molar-refractivity contribution in [1.29, 1.82) is 0 Å². The molecule has 0 unspecified atom stereocenters. The molecule has 0 spiro atoms. The lowest BCUT2D eigenvalue weighted by Gasteiger charge is -2.20. The molecule has 0 aromatic carbocycles. The minimum Gasteiger partial charge on any atom is -0.375 e. The smallest absolute Gasteiger partial charge is 0.264 e. The van der Waals surface area contributed by atoms with Crippen LogP contribution in [-0.4, -0.2) is 36.3 Å². The number of rotatable bonds is 3. The van der Waals surface area contributed by atoms with Crippen molar-refractivity contribution in [1.82, 2.24) is 10.4 Å². The van der Waals surface area contributed by atoms with Crippen molar-refractivity contribution >= 4 is 23.2 Å². The van der Waals surface area contributed by atoms with Gasteiger partial charge in [0.15, 0.2) is 5.11 Å². The summed E-state index contributed by atoms with van der Waals surface area (Å²) in [5, 5.41) is 1.51. The molecule has 12 heavy (non-hydrogen) atoms. The fourth-order valence-electron chi connectivity index (χ4n) is 0.604. The first kappa shape index (κ1) is 11.1. The largest absolute Gasteiger partial charge is 0.375 e. The van der Waals surface area contributed by atoms with Gasteiger partial charge in [0.25, 0.3) is 5.91 Å². The van der Waals surface area contributed by atoms with E-state index in [1.807, 2.05) is 6.92 Å². The van der Waals surface area contributed by atoms with E-state index in [2.05, 4.69) is 22.4 Å². The minimum absolute atomic E-state index is 0.000880. The highest BCUT2D eigenvalue weighted by Gasteiger charge is 2.06. The molecule has 0 aromatic rings. The zero-order valence-electron chi connectivity index (χ0n) is 7.16. The Balaban J connectivity index is 3.85. The lowest BCUT2D eigenvalue weighted by Crippen LogP contribution is -2.49. The third-order valence-corrected chi connectivity index (χ3v) is 1.34. The van der Waals surface area contributed by atoms with E-state index in [-0.39, 0.29) is 17.6 Å². The lowest BCUT2D eigenvalue weighted by molar-refractivity contribution is -0.128. The summed E-state index contributed by atoms with van der Waals surface area (Å²) in [4.78, 5) is 10.9. The van der Waals surface area contributed by atoms with Gasteiger partial charge in [-0.15, -0.1) is 0 Å². The second kappa shape index (κ2) is 5.73. The van der Waals surface area contributed by atoms with Crippen LogP contribution in [0.2, 0.25) is 0 Å². The van der Waals surface area contributed by atoms with Crippen LogP contribution in [0.5, 0.6) is 0 Å². The van der Waals surface area contributed by atoms with Gasteiger partial charge in [0.1, 0.15) is 6.61 Å². The Bertz CT molecular complexity index is 174. The topological polar surface area (TPSA) is 67.6 Å². The Morgan fingerprint density at radius 2 is 2.33 bits per heavy atom. The van der Waals surface area contributed by atoms with Crippen molar-refractivity contribution in [3.63, 3.8) is 0 Å². The van der Waals surface area contributed by atoms with E-state index in [1.54, 1.807) is 0 Å². The molecule has 70 valence electrons. The molecular weight excluding hydrogens is 178 g/mol. The summed E-state index contributed by atoms with van der Waals surface area (Å²) in [6.07, 6.45) is 0. The summed E-state index contributed by atoms with van der Waals surface area (Å²) in [6.45, 7) is 2.36. The molecule has 0 rings (SSSR count). The van der Waals surface area contributed by atoms with Crippen molar-refractivity contribution in [2.45, 2.75) is 6.92 Å². The van der Waals surface area contributed by atoms with Gasteiger partial charge in [0, 0.05) is 13.7 Å². The molecule has 0 heterocycles. The Hall–Kier alpha value is -0.880. The average molecular weight is 191 g/mol. The lowest BCUT2D eigenvalue weighted by atomic mass is 10.6. The third kappa shape index (κ3) is 4.09. The number of methoxy groups -OCH3 is 1. The monoisotopic (exact) mass is 191 g/mol. The van der Waals surface area contributed by atoms with Gasteiger partial charge in [-0.1, -0.05) is 0 Å². The maximum absolute atomic E-state index is 10.9. The molecule has 0 aromatic heterocycles. The Morgan fingerprint density at radius 3 is 2.67 bits per heavy atom. The van der Waals surface area contributed by atoms with Gasteiger partial charge in [-0.25, -0.2) is 0 Å². The normalized spacial score (nSPS) is 9.17. The zero-order valence-corrected chi connectivity index (χ0v) is 7.98. The number of nitrogens with one attached hydrogen (secondary N) is 1. The van der Waals surface area contributed by atoms with E-state index in [0.717, 1.165) is 0 Å². The molecule has 0 bridgehead atoms. The summed E-state index contributed by atoms with van der Waals surface area (Å²) < 4.78 is 4.61. The first-order chi connectivity index (χ1) is 5.61. The maximum Gasteiger partial charge on any atom is 0.264 e. The third-order valence-electron chi connectivity index (χ3n) is 1.12. The van der Waals surface area contributed by atoms with Gasteiger partial charge >= 0.3 is 0 Å². The number of hydrazine groups is 1. The summed E-state index contributed by atoms with van der Waals surface area (Å²) in [5.74, 6) is -0.271. The summed E-state index contributed by atoms with van der Waals surface area (Å²) in [6, 6.07) is 0. The van der Waals surface area contributed by atoms with Gasteiger partial charge < -0.3 is 10.5 Å². The van der Waals surface area contributed by atoms with Crippen molar-refractivity contribution in [2.24, 2.45) is 5.73 Å². The highest BCUT2D eigenvalue weighted by molar-refractivity contribution is 7.80. The van der Waals surface area contributed by atoms with Crippen LogP contribution in [0.15, 0.2) is 0 Å². The van der Waals surface area contributed by atoms with Gasteiger partial charge in [-0.2, -0.15) is 0 Å². The number of thiocarbonyl (C=S) groups is 1. The molecule has 0 saturated carbocycles. The van der Waals surface area contributed by atoms with Gasteiger partial charge in [-0.3, -0.25) is 15.2 Å². The second-order valence-electron chi connectivity index (χ2n) is 2.05. The highest BCUT2D eigenvalue weighted by atomic mass is 32.1. The van der Waals surface area contributed by atoms with Crippen LogP contribution in [0.3, 0.4) is 0 Å². The molecule has 5 nitrogen and oxygen atoms in total. The molecule has 6 heteroatoms. The van der Waals surface area contributed by atoms with Crippen molar-refractivity contribution in [3.8, 4) is 0 Å². The Morgan fingerprint density at radius 1 is 1.75 bits per heavy atom. The van der Waals surface area contributed by atoms with E-state index in [4.69, 9.17) is 5.73 Å². The number of amides is 1. The summed E-state index contributed by atoms with van der Waals surface area (Å²) in [7, 11) is 1.44. The van der Waals surface area contributed by atoms with E-state index in [1.165, 1.54) is 12.1 Å². The standard InChI is InChI=1S/C6H13N3O2S/c1-3-9(6(7)12)8-5(10)4-11-2/h3-4H2,1-2H3,(H2,7,12)(H,8,10). The first-order valence-corrected chi connectivity index (χ1v) is 3.88. The first-order valence-electron chi connectivity index (χ1n) is 3.47. The fraction of sp³-hybridized carbons (Fsp3) is 0.667. The van der Waals surface area contributed by atoms with E-state index >= 15 is 0 Å². The predicted molar refractivity (Wildman–Crippen MR) is 49.2 cm³/mol. The van der Waals surface area contributed by atoms with E-state index in [9.17, 15) is 4.79 Å². The van der Waals surface area contributed by atoms with E-state index in [0.29, 0.717) is 6.54 Å². The van der Waals surface area contributed by atoms with Gasteiger partial charge in [0.2, 0.25) is 0 Å². The molecule has 0 fully saturated rings. The second-order valence-corrected chi connectivity index (χ2v) is 2.47. The van der Waals surface area contributed by atoms with Crippen LogP contribution in [0.4, 0.5) is 0 Å². The summed E-state index contributed by atoms with van der Waals surface area (Å²) in [5.41, 5.74) is 7.76. The van der Waals surface area contributed by atoms with Gasteiger partial charge in [-0.05, 0) is 19.1 Å². The molecule has 1 amide bonds. The van der Waals surface area contributed by atoms with Crippen LogP contribution < -0.4 is 11.2 Å². The number of nitrogens with zero attached hydrogens (tertiary/aromatic N) is 1. The number of ether oxygens (including phenoxy) is 1. The summed E-state index contributed by atoms with van der Waals surface area (Å²) >= 11 is 4.67. The number of hydrogen-bond donors (Lipinski definition) is 2. The Labute approximate surface area is 76.8 Å². The molecule has 0 aliphatic rings. The van der Waals surface area contributed by atoms with Gasteiger partial charge in [0.05, 0.1) is 0 Å². The SMILES string of the molecule is CCN(NC(=O)COC)C(N)=S. The molecule has 0 atom stereocenters. The van der Waals surface area contributed by atoms with Crippen molar-refractivity contribution in [2.75, 3.05) is 20.3 Å². The highest BCUT2D eigenvalue weighted by Crippen LogP contribution is 1.81. The van der Waals surface area contributed by atoms with Crippen LogP contribution >= 0.6 is 12.2 Å². The van der Waals surface area contributed by atoms with Crippen molar-refractivity contribution in [3.05, 3.63) is 0 Å². The van der Waals surface area contributed by atoms with Crippen LogP contribution in [-0.2, 0) is 9.53 Å². The number of nitrogens with two attached hydrogens (primary N) is 1. The average Bonchev–Trinajstić information content (AvgIpc) is 2.00. The van der Waals surface area contributed by atoms with Crippen LogP contribution in [0, 0.1) is 0 Å². The minimum atomic E-state index is -0.271. The van der Waals surface area contributed by atoms with E-state index < -0.39 is 0 Å². The molecule has 0 aliphatic heterocycles. The fourth-order valence-corrected chi connectivity index (χ4v) is 0.779. The molecule has 3 N–H and O–H groups in total. The number of carbonyl (C=O) groups is 1. The maximum atomic E-state index is 10.9. The molecule has 0 radical (unpaired) electrons. The molecule has 0 saturated heterocycles. The van der Waals surface area contributed by atoms with Crippen LogP contribution in [0.1, 0.15) is 6.92 Å². The quantitative estimate of drug-likeness (QED) is 0.453. The van der Waals surface area contributed by atoms with Crippen LogP contribution in [0.25, 0.3) is 0 Å². The molecule has 0 aliphatic carbocycles. The number of hydrogen-bond acceptors (Lipinski definition) is 3. The zero-order chi connectivity index (χ0) is 9.56. The van der Waals surface area contributed by atoms with Crippen molar-refractivity contribution < 1.29 is 9.53 Å². The molecular formula is C6H13N3O2S. The number of carbonyl (C=O) groups excluding carboxylic acids is 1. The Kier molecular flexibility index (Phi) is 5.31. The predicted octanol–water partition coefficient (Wildman–Crippen LogP) is -0.770.